The predicted octanol–water partition coefficient (Wildman–Crippen LogP) is 2.17. The lowest BCUT2D eigenvalue weighted by atomic mass is 10.1. The predicted molar refractivity (Wildman–Crippen MR) is 99.6 cm³/mol. The number of benzene rings is 2. The number of nitrogens with zero attached hydrogens (tertiary/aromatic N) is 1. The Labute approximate surface area is 157 Å². The molecule has 0 atom stereocenters. The van der Waals surface area contributed by atoms with E-state index in [-0.39, 0.29) is 28.0 Å². The number of anilines is 1. The van der Waals surface area contributed by atoms with E-state index in [0.717, 1.165) is 17.2 Å². The number of phenols is 1. The van der Waals surface area contributed by atoms with Crippen molar-refractivity contribution in [3.05, 3.63) is 76.2 Å². The summed E-state index contributed by atoms with van der Waals surface area (Å²) in [5.74, 6) is -1.91. The summed E-state index contributed by atoms with van der Waals surface area (Å²) in [6.45, 7) is 0. The average Bonchev–Trinajstić information content (AvgIpc) is 2.68. The van der Waals surface area contributed by atoms with Gasteiger partial charge in [0, 0.05) is 0 Å². The number of aromatic hydroxyl groups is 1. The topological polar surface area (TPSA) is 117 Å². The van der Waals surface area contributed by atoms with Crippen LogP contribution in [-0.2, 0) is 9.59 Å². The zero-order chi connectivity index (χ0) is 19.8. The van der Waals surface area contributed by atoms with Gasteiger partial charge in [0.05, 0.1) is 16.6 Å². The maximum absolute atomic E-state index is 12.8. The Morgan fingerprint density at radius 2 is 1.75 bits per heavy atom. The number of rotatable bonds is 2. The van der Waals surface area contributed by atoms with Crippen LogP contribution < -0.4 is 15.6 Å². The lowest BCUT2D eigenvalue weighted by Crippen LogP contribution is -2.54. The SMILES string of the molecule is O=C1NC(=O)N(c2ccccc2)C(=O)/C1=C/c1coc2ccc(O)cc2c1=O. The van der Waals surface area contributed by atoms with E-state index in [4.69, 9.17) is 4.42 Å². The molecule has 3 aromatic rings. The van der Waals surface area contributed by atoms with Gasteiger partial charge in [-0.1, -0.05) is 18.2 Å². The fourth-order valence-corrected chi connectivity index (χ4v) is 2.86. The van der Waals surface area contributed by atoms with Gasteiger partial charge in [0.15, 0.2) is 5.43 Å². The minimum absolute atomic E-state index is 0.0704. The molecular weight excluding hydrogens is 364 g/mol. The van der Waals surface area contributed by atoms with Crippen LogP contribution in [0.15, 0.2) is 69.6 Å². The number of hydrogen-bond donors (Lipinski definition) is 2. The van der Waals surface area contributed by atoms with Crippen molar-refractivity contribution in [1.82, 2.24) is 5.32 Å². The van der Waals surface area contributed by atoms with Gasteiger partial charge in [0.1, 0.15) is 23.2 Å². The second kappa shape index (κ2) is 6.51. The fourth-order valence-electron chi connectivity index (χ4n) is 2.86. The summed E-state index contributed by atoms with van der Waals surface area (Å²) in [7, 11) is 0. The third-order valence-corrected chi connectivity index (χ3v) is 4.20. The largest absolute Gasteiger partial charge is 0.508 e. The van der Waals surface area contributed by atoms with Crippen LogP contribution >= 0.6 is 0 Å². The number of hydrogen-bond acceptors (Lipinski definition) is 6. The van der Waals surface area contributed by atoms with E-state index >= 15 is 0 Å². The van der Waals surface area contributed by atoms with E-state index in [1.54, 1.807) is 18.2 Å². The molecule has 1 fully saturated rings. The van der Waals surface area contributed by atoms with Gasteiger partial charge in [-0.25, -0.2) is 9.69 Å². The molecule has 2 heterocycles. The Morgan fingerprint density at radius 1 is 1.00 bits per heavy atom. The van der Waals surface area contributed by atoms with Gasteiger partial charge >= 0.3 is 6.03 Å². The molecule has 28 heavy (non-hydrogen) atoms. The zero-order valence-electron chi connectivity index (χ0n) is 14.2. The van der Waals surface area contributed by atoms with Gasteiger partial charge in [0.2, 0.25) is 0 Å². The van der Waals surface area contributed by atoms with Crippen LogP contribution in [0.2, 0.25) is 0 Å². The van der Waals surface area contributed by atoms with E-state index in [2.05, 4.69) is 5.32 Å². The van der Waals surface area contributed by atoms with Gasteiger partial charge in [-0.3, -0.25) is 19.7 Å². The molecule has 0 radical (unpaired) electrons. The van der Waals surface area contributed by atoms with Crippen molar-refractivity contribution in [2.24, 2.45) is 0 Å². The molecule has 0 unspecified atom stereocenters. The van der Waals surface area contributed by atoms with Gasteiger partial charge in [-0.05, 0) is 36.4 Å². The summed E-state index contributed by atoms with van der Waals surface area (Å²) >= 11 is 0. The molecule has 4 rings (SSSR count). The number of fused-ring (bicyclic) bond motifs is 1. The highest BCUT2D eigenvalue weighted by Crippen LogP contribution is 2.22. The van der Waals surface area contributed by atoms with Crippen molar-refractivity contribution in [2.45, 2.75) is 0 Å². The lowest BCUT2D eigenvalue weighted by Gasteiger charge is -2.26. The number of carbonyl (C=O) groups is 3. The molecule has 2 aromatic carbocycles. The fraction of sp³-hybridized carbons (Fsp3) is 0. The van der Waals surface area contributed by atoms with Crippen molar-refractivity contribution in [3.63, 3.8) is 0 Å². The molecule has 8 nitrogen and oxygen atoms in total. The second-order valence-electron chi connectivity index (χ2n) is 5.99. The third-order valence-electron chi connectivity index (χ3n) is 4.20. The second-order valence-corrected chi connectivity index (χ2v) is 5.99. The maximum atomic E-state index is 12.8. The molecule has 2 N–H and O–H groups in total. The Balaban J connectivity index is 1.82. The number of imide groups is 2. The smallest absolute Gasteiger partial charge is 0.335 e. The van der Waals surface area contributed by atoms with Gasteiger partial charge in [-0.15, -0.1) is 0 Å². The summed E-state index contributed by atoms with van der Waals surface area (Å²) < 4.78 is 5.34. The first kappa shape index (κ1) is 17.2. The Kier molecular flexibility index (Phi) is 4.00. The minimum Gasteiger partial charge on any atom is -0.508 e. The minimum atomic E-state index is -0.919. The highest BCUT2D eigenvalue weighted by Gasteiger charge is 2.36. The van der Waals surface area contributed by atoms with E-state index < -0.39 is 28.8 Å². The van der Waals surface area contributed by atoms with Crippen molar-refractivity contribution in [2.75, 3.05) is 4.90 Å². The summed E-state index contributed by atoms with van der Waals surface area (Å²) in [6.07, 6.45) is 2.17. The number of para-hydroxylation sites is 1. The van der Waals surface area contributed by atoms with Crippen molar-refractivity contribution < 1.29 is 23.9 Å². The first-order chi connectivity index (χ1) is 13.5. The highest BCUT2D eigenvalue weighted by molar-refractivity contribution is 6.39. The molecule has 1 saturated heterocycles. The van der Waals surface area contributed by atoms with Gasteiger partial charge in [-0.2, -0.15) is 0 Å². The zero-order valence-corrected chi connectivity index (χ0v) is 14.2. The quantitative estimate of drug-likeness (QED) is 0.523. The monoisotopic (exact) mass is 376 g/mol. The van der Waals surface area contributed by atoms with E-state index in [1.165, 1.54) is 30.3 Å². The maximum Gasteiger partial charge on any atom is 0.335 e. The Morgan fingerprint density at radius 3 is 2.50 bits per heavy atom. The van der Waals surface area contributed by atoms with E-state index in [1.807, 2.05) is 0 Å². The molecule has 4 amide bonds. The van der Waals surface area contributed by atoms with E-state index in [9.17, 15) is 24.3 Å². The first-order valence-electron chi connectivity index (χ1n) is 8.17. The number of amides is 4. The van der Waals surface area contributed by atoms with E-state index in [0.29, 0.717) is 0 Å². The lowest BCUT2D eigenvalue weighted by molar-refractivity contribution is -0.122. The van der Waals surface area contributed by atoms with Gasteiger partial charge < -0.3 is 9.52 Å². The van der Waals surface area contributed by atoms with Crippen LogP contribution in [-0.4, -0.2) is 23.0 Å². The van der Waals surface area contributed by atoms with Crippen LogP contribution in [0.1, 0.15) is 5.56 Å². The molecule has 1 aromatic heterocycles. The summed E-state index contributed by atoms with van der Waals surface area (Å²) in [5, 5.41) is 11.8. The molecule has 0 saturated carbocycles. The Bertz CT molecular complexity index is 1230. The molecule has 0 bridgehead atoms. The molecule has 8 heteroatoms. The summed E-state index contributed by atoms with van der Waals surface area (Å²) in [6, 6.07) is 11.2. The van der Waals surface area contributed by atoms with Crippen LogP contribution in [0, 0.1) is 0 Å². The molecule has 0 aliphatic carbocycles. The molecular formula is C20H12N2O6. The van der Waals surface area contributed by atoms with Crippen molar-refractivity contribution >= 4 is 40.6 Å². The number of carbonyl (C=O) groups excluding carboxylic acids is 3. The number of barbiturate groups is 1. The molecule has 1 aliphatic heterocycles. The number of urea groups is 1. The summed E-state index contributed by atoms with van der Waals surface area (Å²) in [4.78, 5) is 50.6. The molecule has 0 spiro atoms. The van der Waals surface area contributed by atoms with Crippen LogP contribution in [0.4, 0.5) is 10.5 Å². The van der Waals surface area contributed by atoms with Gasteiger partial charge in [0.25, 0.3) is 11.8 Å². The van der Waals surface area contributed by atoms with Crippen LogP contribution in [0.25, 0.3) is 17.0 Å². The van der Waals surface area contributed by atoms with Crippen LogP contribution in [0.3, 0.4) is 0 Å². The average molecular weight is 376 g/mol. The standard InChI is InChI=1S/C20H12N2O6/c23-13-6-7-16-14(9-13)17(24)11(10-28-16)8-15-18(25)21-20(27)22(19(15)26)12-4-2-1-3-5-12/h1-10,23H,(H,21,25,27)/b15-8+. The highest BCUT2D eigenvalue weighted by atomic mass is 16.3. The number of nitrogens with one attached hydrogen (secondary N) is 1. The first-order valence-corrected chi connectivity index (χ1v) is 8.17. The molecule has 138 valence electrons. The van der Waals surface area contributed by atoms with Crippen LogP contribution in [0.5, 0.6) is 5.75 Å². The van der Waals surface area contributed by atoms with Crippen molar-refractivity contribution in [1.29, 1.82) is 0 Å². The number of phenolic OH excluding ortho intramolecular Hbond substituents is 1. The van der Waals surface area contributed by atoms with Crippen molar-refractivity contribution in [3.8, 4) is 5.75 Å². The normalized spacial score (nSPS) is 15.9. The summed E-state index contributed by atoms with van der Waals surface area (Å²) in [5.41, 5.74) is -0.480. The molecule has 1 aliphatic rings. The third kappa shape index (κ3) is 2.82. The Hall–Kier alpha value is -4.20.